The molecule has 0 aliphatic heterocycles. The predicted octanol–water partition coefficient (Wildman–Crippen LogP) is 3.26. The fourth-order valence-electron chi connectivity index (χ4n) is 1.86. The molecule has 19 heavy (non-hydrogen) atoms. The van der Waals surface area contributed by atoms with Crippen LogP contribution in [0.1, 0.15) is 37.2 Å². The summed E-state index contributed by atoms with van der Waals surface area (Å²) in [5.74, 6) is 2.07. The summed E-state index contributed by atoms with van der Waals surface area (Å²) in [6.45, 7) is 8.44. The Balaban J connectivity index is 2.09. The van der Waals surface area contributed by atoms with Gasteiger partial charge in [-0.3, -0.25) is 0 Å². The lowest BCUT2D eigenvalue weighted by Gasteiger charge is -2.14. The van der Waals surface area contributed by atoms with Crippen LogP contribution < -0.4 is 10.1 Å². The molecule has 0 bridgehead atoms. The lowest BCUT2D eigenvalue weighted by molar-refractivity contribution is 0.338. The number of hydrogen-bond acceptors (Lipinski definition) is 5. The molecule has 2 rings (SSSR count). The van der Waals surface area contributed by atoms with Crippen LogP contribution in [0.4, 0.5) is 5.69 Å². The van der Waals surface area contributed by atoms with Gasteiger partial charge in [-0.15, -0.1) is 10.2 Å². The van der Waals surface area contributed by atoms with E-state index in [1.165, 1.54) is 0 Å². The van der Waals surface area contributed by atoms with Gasteiger partial charge in [-0.2, -0.15) is 0 Å². The van der Waals surface area contributed by atoms with Crippen LogP contribution >= 0.6 is 0 Å². The molecule has 0 amide bonds. The van der Waals surface area contributed by atoms with E-state index in [4.69, 9.17) is 9.15 Å². The maximum absolute atomic E-state index is 5.52. The van der Waals surface area contributed by atoms with Crippen molar-refractivity contribution < 1.29 is 9.15 Å². The highest BCUT2D eigenvalue weighted by molar-refractivity contribution is 5.51. The standard InChI is InChI=1S/C14H19N3O2/c1-5-18-13-7-6-12(8-9(13)2)15-10(3)14-17-16-11(4)19-14/h6-8,10,15H,5H2,1-4H3/t10-/m0/s1. The normalized spacial score (nSPS) is 12.2. The van der Waals surface area contributed by atoms with Crippen molar-refractivity contribution in [2.75, 3.05) is 11.9 Å². The molecule has 1 aromatic carbocycles. The van der Waals surface area contributed by atoms with Gasteiger partial charge in [-0.05, 0) is 44.5 Å². The summed E-state index contributed by atoms with van der Waals surface area (Å²) in [6.07, 6.45) is 0. The van der Waals surface area contributed by atoms with Crippen molar-refractivity contribution in [1.29, 1.82) is 0 Å². The third kappa shape index (κ3) is 3.24. The van der Waals surface area contributed by atoms with E-state index in [9.17, 15) is 0 Å². The van der Waals surface area contributed by atoms with Crippen molar-refractivity contribution in [3.63, 3.8) is 0 Å². The molecule has 0 aliphatic rings. The zero-order valence-corrected chi connectivity index (χ0v) is 11.7. The van der Waals surface area contributed by atoms with Gasteiger partial charge in [-0.25, -0.2) is 0 Å². The van der Waals surface area contributed by atoms with Gasteiger partial charge >= 0.3 is 0 Å². The molecule has 0 saturated carbocycles. The van der Waals surface area contributed by atoms with Crippen molar-refractivity contribution in [3.8, 4) is 5.75 Å². The van der Waals surface area contributed by atoms with E-state index < -0.39 is 0 Å². The number of aryl methyl sites for hydroxylation is 2. The monoisotopic (exact) mass is 261 g/mol. The summed E-state index contributed by atoms with van der Waals surface area (Å²) in [5, 5.41) is 11.2. The van der Waals surface area contributed by atoms with E-state index in [0.29, 0.717) is 18.4 Å². The smallest absolute Gasteiger partial charge is 0.238 e. The number of ether oxygens (including phenoxy) is 1. The molecule has 0 unspecified atom stereocenters. The van der Waals surface area contributed by atoms with Gasteiger partial charge in [0.15, 0.2) is 0 Å². The molecule has 1 heterocycles. The molecule has 2 aromatic rings. The lowest BCUT2D eigenvalue weighted by atomic mass is 10.2. The van der Waals surface area contributed by atoms with Gasteiger partial charge in [0.25, 0.3) is 0 Å². The number of aromatic nitrogens is 2. The van der Waals surface area contributed by atoms with Gasteiger partial charge in [0.1, 0.15) is 11.8 Å². The molecular weight excluding hydrogens is 242 g/mol. The van der Waals surface area contributed by atoms with Crippen molar-refractivity contribution in [2.24, 2.45) is 0 Å². The number of hydrogen-bond donors (Lipinski definition) is 1. The number of nitrogens with zero attached hydrogens (tertiary/aromatic N) is 2. The van der Waals surface area contributed by atoms with Gasteiger partial charge in [0.2, 0.25) is 11.8 Å². The first-order valence-electron chi connectivity index (χ1n) is 6.40. The predicted molar refractivity (Wildman–Crippen MR) is 73.4 cm³/mol. The van der Waals surface area contributed by atoms with Crippen LogP contribution in [0.2, 0.25) is 0 Å². The highest BCUT2D eigenvalue weighted by Gasteiger charge is 2.12. The molecule has 102 valence electrons. The summed E-state index contributed by atoms with van der Waals surface area (Å²) in [5.41, 5.74) is 2.10. The number of anilines is 1. The van der Waals surface area contributed by atoms with Crippen LogP contribution in [0.15, 0.2) is 22.6 Å². The van der Waals surface area contributed by atoms with Crippen molar-refractivity contribution >= 4 is 5.69 Å². The highest BCUT2D eigenvalue weighted by Crippen LogP contribution is 2.24. The summed E-state index contributed by atoms with van der Waals surface area (Å²) < 4.78 is 10.9. The average Bonchev–Trinajstić information content (AvgIpc) is 2.80. The Bertz CT molecular complexity index is 551. The molecule has 5 heteroatoms. The van der Waals surface area contributed by atoms with Crippen LogP contribution in [0.5, 0.6) is 5.75 Å². The summed E-state index contributed by atoms with van der Waals surface area (Å²) in [6, 6.07) is 5.97. The van der Waals surface area contributed by atoms with Crippen LogP contribution in [-0.2, 0) is 0 Å². The van der Waals surface area contributed by atoms with Gasteiger partial charge in [0, 0.05) is 12.6 Å². The largest absolute Gasteiger partial charge is 0.494 e. The molecule has 0 saturated heterocycles. The van der Waals surface area contributed by atoms with Crippen molar-refractivity contribution in [2.45, 2.75) is 33.7 Å². The molecule has 0 fully saturated rings. The molecular formula is C14H19N3O2. The number of rotatable bonds is 5. The van der Waals surface area contributed by atoms with E-state index >= 15 is 0 Å². The zero-order chi connectivity index (χ0) is 13.8. The highest BCUT2D eigenvalue weighted by atomic mass is 16.5. The van der Waals surface area contributed by atoms with Crippen molar-refractivity contribution in [1.82, 2.24) is 10.2 Å². The SMILES string of the molecule is CCOc1ccc(N[C@@H](C)c2nnc(C)o2)cc1C. The van der Waals surface area contributed by atoms with Crippen LogP contribution in [0.3, 0.4) is 0 Å². The third-order valence-corrected chi connectivity index (χ3v) is 2.77. The van der Waals surface area contributed by atoms with Gasteiger partial charge < -0.3 is 14.5 Å². The minimum Gasteiger partial charge on any atom is -0.494 e. The Kier molecular flexibility index (Phi) is 4.04. The third-order valence-electron chi connectivity index (χ3n) is 2.77. The molecule has 0 spiro atoms. The molecule has 0 aliphatic carbocycles. The van der Waals surface area contributed by atoms with Gasteiger partial charge in [0.05, 0.1) is 6.61 Å². The fraction of sp³-hybridized carbons (Fsp3) is 0.429. The van der Waals surface area contributed by atoms with Gasteiger partial charge in [-0.1, -0.05) is 0 Å². The summed E-state index contributed by atoms with van der Waals surface area (Å²) >= 11 is 0. The maximum atomic E-state index is 5.52. The van der Waals surface area contributed by atoms with Crippen LogP contribution in [0.25, 0.3) is 0 Å². The summed E-state index contributed by atoms with van der Waals surface area (Å²) in [4.78, 5) is 0. The van der Waals surface area contributed by atoms with Crippen molar-refractivity contribution in [3.05, 3.63) is 35.5 Å². The Labute approximate surface area is 113 Å². The van der Waals surface area contributed by atoms with E-state index in [-0.39, 0.29) is 6.04 Å². The Morgan fingerprint density at radius 3 is 2.68 bits per heavy atom. The first kappa shape index (κ1) is 13.4. The zero-order valence-electron chi connectivity index (χ0n) is 11.7. The quantitative estimate of drug-likeness (QED) is 0.895. The molecule has 1 aromatic heterocycles. The van der Waals surface area contributed by atoms with E-state index in [2.05, 4.69) is 15.5 Å². The molecule has 1 N–H and O–H groups in total. The maximum Gasteiger partial charge on any atom is 0.238 e. The number of benzene rings is 1. The molecule has 0 radical (unpaired) electrons. The second-order valence-electron chi connectivity index (χ2n) is 4.44. The Morgan fingerprint density at radius 1 is 1.32 bits per heavy atom. The fourth-order valence-corrected chi connectivity index (χ4v) is 1.86. The number of nitrogens with one attached hydrogen (secondary N) is 1. The summed E-state index contributed by atoms with van der Waals surface area (Å²) in [7, 11) is 0. The second-order valence-corrected chi connectivity index (χ2v) is 4.44. The first-order chi connectivity index (χ1) is 9.10. The Hall–Kier alpha value is -2.04. The minimum absolute atomic E-state index is 0.0291. The van der Waals surface area contributed by atoms with E-state index in [1.54, 1.807) is 6.92 Å². The minimum atomic E-state index is -0.0291. The van der Waals surface area contributed by atoms with E-state index in [1.807, 2.05) is 39.0 Å². The van der Waals surface area contributed by atoms with Crippen LogP contribution in [0, 0.1) is 13.8 Å². The average molecular weight is 261 g/mol. The second kappa shape index (κ2) is 5.73. The molecule has 1 atom stereocenters. The van der Waals surface area contributed by atoms with E-state index in [0.717, 1.165) is 17.0 Å². The topological polar surface area (TPSA) is 60.2 Å². The molecule has 5 nitrogen and oxygen atoms in total. The first-order valence-corrected chi connectivity index (χ1v) is 6.40. The Morgan fingerprint density at radius 2 is 2.11 bits per heavy atom. The lowest BCUT2D eigenvalue weighted by Crippen LogP contribution is -2.07. The van der Waals surface area contributed by atoms with Crippen LogP contribution in [-0.4, -0.2) is 16.8 Å².